The molecule has 3 atom stereocenters. The van der Waals surface area contributed by atoms with E-state index in [0.717, 1.165) is 0 Å². The van der Waals surface area contributed by atoms with Gasteiger partial charge in [-0.05, 0) is 32.1 Å². The SMILES string of the molecule is CC(C)CC(N)C(=O)O.CC(N)C(=O)O.NC(N)=NCCCC(N)C(=O)O. The zero-order chi connectivity index (χ0) is 22.2. The van der Waals surface area contributed by atoms with Crippen LogP contribution in [0.15, 0.2) is 4.99 Å². The van der Waals surface area contributed by atoms with Gasteiger partial charge in [0.05, 0.1) is 0 Å². The molecular formula is C15H34N6O6. The number of carbonyl (C=O) groups is 3. The molecule has 27 heavy (non-hydrogen) atoms. The van der Waals surface area contributed by atoms with Gasteiger partial charge >= 0.3 is 17.9 Å². The summed E-state index contributed by atoms with van der Waals surface area (Å²) in [6, 6.07) is -2.24. The van der Waals surface area contributed by atoms with Gasteiger partial charge in [0.25, 0.3) is 0 Å². The van der Waals surface area contributed by atoms with Crippen LogP contribution >= 0.6 is 0 Å². The van der Waals surface area contributed by atoms with Crippen molar-refractivity contribution in [3.63, 3.8) is 0 Å². The number of guanidine groups is 1. The first kappa shape index (κ1) is 29.3. The van der Waals surface area contributed by atoms with E-state index in [0.29, 0.717) is 31.7 Å². The molecule has 0 aliphatic carbocycles. The molecular weight excluding hydrogens is 360 g/mol. The average molecular weight is 394 g/mol. The largest absolute Gasteiger partial charge is 0.480 e. The molecule has 12 nitrogen and oxygen atoms in total. The molecule has 3 unspecified atom stereocenters. The molecule has 12 heteroatoms. The zero-order valence-corrected chi connectivity index (χ0v) is 16.0. The lowest BCUT2D eigenvalue weighted by atomic mass is 10.1. The second-order valence-electron chi connectivity index (χ2n) is 6.09. The van der Waals surface area contributed by atoms with Gasteiger partial charge in [0, 0.05) is 6.54 Å². The van der Waals surface area contributed by atoms with Crippen molar-refractivity contribution in [1.29, 1.82) is 0 Å². The van der Waals surface area contributed by atoms with E-state index < -0.39 is 36.0 Å². The number of nitrogens with two attached hydrogens (primary N) is 5. The summed E-state index contributed by atoms with van der Waals surface area (Å²) in [5, 5.41) is 24.6. The number of hydrogen-bond acceptors (Lipinski definition) is 7. The Hall–Kier alpha value is -2.44. The Balaban J connectivity index is -0.000000340. The number of rotatable bonds is 9. The van der Waals surface area contributed by atoms with Gasteiger partial charge in [-0.2, -0.15) is 0 Å². The summed E-state index contributed by atoms with van der Waals surface area (Å²) >= 11 is 0. The second-order valence-corrected chi connectivity index (χ2v) is 6.09. The summed E-state index contributed by atoms with van der Waals surface area (Å²) in [7, 11) is 0. The number of nitrogens with zero attached hydrogens (tertiary/aromatic N) is 1. The Morgan fingerprint density at radius 2 is 1.26 bits per heavy atom. The van der Waals surface area contributed by atoms with Crippen LogP contribution in [-0.4, -0.2) is 63.9 Å². The summed E-state index contributed by atoms with van der Waals surface area (Å²) in [5.74, 6) is -2.51. The van der Waals surface area contributed by atoms with Crippen LogP contribution in [0.4, 0.5) is 0 Å². The van der Waals surface area contributed by atoms with E-state index in [1.54, 1.807) is 0 Å². The molecule has 0 aromatic rings. The summed E-state index contributed by atoms with van der Waals surface area (Å²) in [5.41, 5.74) is 25.4. The van der Waals surface area contributed by atoms with Gasteiger partial charge in [-0.25, -0.2) is 0 Å². The maximum absolute atomic E-state index is 10.2. The molecule has 0 spiro atoms. The van der Waals surface area contributed by atoms with E-state index in [9.17, 15) is 14.4 Å². The molecule has 0 saturated carbocycles. The Morgan fingerprint density at radius 3 is 1.48 bits per heavy atom. The molecule has 0 aromatic heterocycles. The maximum atomic E-state index is 10.2. The third-order valence-electron chi connectivity index (χ3n) is 2.72. The van der Waals surface area contributed by atoms with Gasteiger partial charge in [-0.3, -0.25) is 19.4 Å². The Morgan fingerprint density at radius 1 is 0.852 bits per heavy atom. The standard InChI is InChI=1S/C6H14N4O2.C6H13NO2.C3H7NO2/c7-4(5(11)12)2-1-3-10-6(8)9;1-4(2)3-5(7)6(8)9;1-2(4)3(5)6/h4H,1-3,7H2,(H,11,12)(H4,8,9,10);4-5H,3,7H2,1-2H3,(H,8,9);2H,4H2,1H3,(H,5,6). The lowest BCUT2D eigenvalue weighted by molar-refractivity contribution is -0.139. The van der Waals surface area contributed by atoms with Crippen LogP contribution in [0.5, 0.6) is 0 Å². The highest BCUT2D eigenvalue weighted by molar-refractivity contribution is 5.75. The van der Waals surface area contributed by atoms with Gasteiger partial charge in [0.15, 0.2) is 5.96 Å². The van der Waals surface area contributed by atoms with Gasteiger partial charge < -0.3 is 44.0 Å². The van der Waals surface area contributed by atoms with Gasteiger partial charge in [-0.1, -0.05) is 13.8 Å². The van der Waals surface area contributed by atoms with E-state index in [1.165, 1.54) is 6.92 Å². The van der Waals surface area contributed by atoms with Crippen molar-refractivity contribution in [2.24, 2.45) is 39.6 Å². The number of carboxylic acid groups (broad SMARTS) is 3. The normalized spacial score (nSPS) is 13.0. The monoisotopic (exact) mass is 394 g/mol. The molecule has 0 aliphatic rings. The summed E-state index contributed by atoms with van der Waals surface area (Å²) < 4.78 is 0. The lowest BCUT2D eigenvalue weighted by Crippen LogP contribution is -2.31. The van der Waals surface area contributed by atoms with Crippen LogP contribution < -0.4 is 28.7 Å². The highest BCUT2D eigenvalue weighted by atomic mass is 16.4. The van der Waals surface area contributed by atoms with Crippen LogP contribution in [0, 0.1) is 5.92 Å². The van der Waals surface area contributed by atoms with Gasteiger partial charge in [0.2, 0.25) is 0 Å². The van der Waals surface area contributed by atoms with Crippen molar-refractivity contribution in [3.05, 3.63) is 0 Å². The Labute approximate surface area is 158 Å². The summed E-state index contributed by atoms with van der Waals surface area (Å²) in [6.45, 7) is 5.73. The first-order chi connectivity index (χ1) is 12.2. The first-order valence-electron chi connectivity index (χ1n) is 8.22. The molecule has 0 aromatic carbocycles. The summed E-state index contributed by atoms with van der Waals surface area (Å²) in [4.78, 5) is 33.6. The predicted molar refractivity (Wildman–Crippen MR) is 102 cm³/mol. The summed E-state index contributed by atoms with van der Waals surface area (Å²) in [6.07, 6.45) is 1.51. The van der Waals surface area contributed by atoms with Crippen LogP contribution in [0.2, 0.25) is 0 Å². The van der Waals surface area contributed by atoms with Crippen LogP contribution in [0.1, 0.15) is 40.0 Å². The fraction of sp³-hybridized carbons (Fsp3) is 0.733. The third kappa shape index (κ3) is 25.9. The predicted octanol–water partition coefficient (Wildman–Crippen LogP) is -1.69. The number of hydrogen-bond donors (Lipinski definition) is 8. The molecule has 0 bridgehead atoms. The van der Waals surface area contributed by atoms with E-state index in [4.69, 9.17) is 44.0 Å². The molecule has 0 fully saturated rings. The van der Waals surface area contributed by atoms with Crippen molar-refractivity contribution in [3.8, 4) is 0 Å². The minimum absolute atomic E-state index is 0.0129. The molecule has 13 N–H and O–H groups in total. The van der Waals surface area contributed by atoms with Crippen molar-refractivity contribution in [1.82, 2.24) is 0 Å². The van der Waals surface area contributed by atoms with Crippen LogP contribution in [0.25, 0.3) is 0 Å². The molecule has 0 saturated heterocycles. The highest BCUT2D eigenvalue weighted by Gasteiger charge is 2.12. The van der Waals surface area contributed by atoms with Gasteiger partial charge in [0.1, 0.15) is 18.1 Å². The lowest BCUT2D eigenvalue weighted by Gasteiger charge is -2.07. The van der Waals surface area contributed by atoms with Crippen molar-refractivity contribution < 1.29 is 29.7 Å². The zero-order valence-electron chi connectivity index (χ0n) is 16.0. The number of aliphatic carboxylic acids is 3. The second kappa shape index (κ2) is 17.0. The van der Waals surface area contributed by atoms with Gasteiger partial charge in [-0.15, -0.1) is 0 Å². The van der Waals surface area contributed by atoms with E-state index in [-0.39, 0.29) is 5.96 Å². The molecule has 0 amide bonds. The first-order valence-corrected chi connectivity index (χ1v) is 8.22. The molecule has 0 aliphatic heterocycles. The van der Waals surface area contributed by atoms with E-state index >= 15 is 0 Å². The smallest absolute Gasteiger partial charge is 0.320 e. The van der Waals surface area contributed by atoms with E-state index in [1.807, 2.05) is 13.8 Å². The molecule has 0 rings (SSSR count). The highest BCUT2D eigenvalue weighted by Crippen LogP contribution is 2.01. The molecule has 0 radical (unpaired) electrons. The molecule has 0 heterocycles. The number of aliphatic imine (C=N–C) groups is 1. The van der Waals surface area contributed by atoms with Crippen molar-refractivity contribution in [2.75, 3.05) is 6.54 Å². The Kier molecular flexibility index (Phi) is 18.5. The van der Waals surface area contributed by atoms with Crippen LogP contribution in [-0.2, 0) is 14.4 Å². The Bertz CT molecular complexity index is 466. The van der Waals surface area contributed by atoms with Crippen LogP contribution in [0.3, 0.4) is 0 Å². The minimum Gasteiger partial charge on any atom is -0.480 e. The quantitative estimate of drug-likeness (QED) is 0.124. The average Bonchev–Trinajstić information content (AvgIpc) is 2.51. The molecule has 160 valence electrons. The van der Waals surface area contributed by atoms with Crippen molar-refractivity contribution in [2.45, 2.75) is 58.2 Å². The topological polar surface area (TPSA) is 254 Å². The van der Waals surface area contributed by atoms with E-state index in [2.05, 4.69) is 4.99 Å². The number of carboxylic acids is 3. The minimum atomic E-state index is -1.00. The fourth-order valence-corrected chi connectivity index (χ4v) is 1.25. The fourth-order valence-electron chi connectivity index (χ4n) is 1.25. The maximum Gasteiger partial charge on any atom is 0.320 e. The third-order valence-corrected chi connectivity index (χ3v) is 2.72. The van der Waals surface area contributed by atoms with Crippen molar-refractivity contribution >= 4 is 23.9 Å².